The molecule has 1 aliphatic rings. The first-order valence-electron chi connectivity index (χ1n) is 9.03. The summed E-state index contributed by atoms with van der Waals surface area (Å²) >= 11 is 0. The molecule has 31 heavy (non-hydrogen) atoms. The highest BCUT2D eigenvalue weighted by Gasteiger charge is 2.49. The SMILES string of the molecule is COC(=O)c1ccc(NC(=O)CN2C(=O)NC(C)(c3cccc([N+](=O)[O-])c3)C2=O)cc1. The summed E-state index contributed by atoms with van der Waals surface area (Å²) in [6, 6.07) is 10.4. The van der Waals surface area contributed by atoms with Gasteiger partial charge in [0.1, 0.15) is 12.1 Å². The maximum Gasteiger partial charge on any atom is 0.337 e. The Morgan fingerprint density at radius 1 is 1.19 bits per heavy atom. The van der Waals surface area contributed by atoms with Crippen LogP contribution in [0.25, 0.3) is 0 Å². The lowest BCUT2D eigenvalue weighted by Crippen LogP contribution is -2.42. The Morgan fingerprint density at radius 2 is 1.87 bits per heavy atom. The number of carbonyl (C=O) groups excluding carboxylic acids is 4. The minimum atomic E-state index is -1.55. The number of carbonyl (C=O) groups is 4. The predicted molar refractivity (Wildman–Crippen MR) is 107 cm³/mol. The van der Waals surface area contributed by atoms with Crippen LogP contribution >= 0.6 is 0 Å². The molecule has 0 saturated carbocycles. The fraction of sp³-hybridized carbons (Fsp3) is 0.200. The molecule has 1 unspecified atom stereocenters. The van der Waals surface area contributed by atoms with Crippen molar-refractivity contribution in [3.05, 3.63) is 69.8 Å². The van der Waals surface area contributed by atoms with Gasteiger partial charge in [-0.3, -0.25) is 24.6 Å². The molecule has 11 heteroatoms. The number of rotatable bonds is 6. The van der Waals surface area contributed by atoms with Crippen LogP contribution in [0.4, 0.5) is 16.2 Å². The van der Waals surface area contributed by atoms with E-state index < -0.39 is 40.8 Å². The molecule has 2 N–H and O–H groups in total. The fourth-order valence-electron chi connectivity index (χ4n) is 3.12. The lowest BCUT2D eigenvalue weighted by atomic mass is 9.91. The van der Waals surface area contributed by atoms with Crippen molar-refractivity contribution in [3.8, 4) is 0 Å². The third-order valence-electron chi connectivity index (χ3n) is 4.80. The van der Waals surface area contributed by atoms with Crippen LogP contribution in [0, 0.1) is 10.1 Å². The number of nitrogens with zero attached hydrogens (tertiary/aromatic N) is 2. The molecule has 11 nitrogen and oxygen atoms in total. The highest BCUT2D eigenvalue weighted by molar-refractivity contribution is 6.10. The number of imide groups is 1. The van der Waals surface area contributed by atoms with Crippen LogP contribution in [0.1, 0.15) is 22.8 Å². The van der Waals surface area contributed by atoms with E-state index >= 15 is 0 Å². The molecule has 1 aliphatic heterocycles. The van der Waals surface area contributed by atoms with Gasteiger partial charge in [0.15, 0.2) is 0 Å². The summed E-state index contributed by atoms with van der Waals surface area (Å²) in [5.41, 5.74) is -0.909. The first kappa shape index (κ1) is 21.4. The van der Waals surface area contributed by atoms with Crippen molar-refractivity contribution in [1.82, 2.24) is 10.2 Å². The Bertz CT molecular complexity index is 1080. The maximum atomic E-state index is 12.9. The van der Waals surface area contributed by atoms with Crippen LogP contribution in [-0.2, 0) is 19.9 Å². The van der Waals surface area contributed by atoms with Crippen LogP contribution in [0.3, 0.4) is 0 Å². The van der Waals surface area contributed by atoms with Crippen molar-refractivity contribution >= 4 is 35.2 Å². The Labute approximate surface area is 176 Å². The monoisotopic (exact) mass is 426 g/mol. The van der Waals surface area contributed by atoms with Gasteiger partial charge in [-0.15, -0.1) is 0 Å². The second kappa shape index (κ2) is 8.22. The molecule has 2 aromatic carbocycles. The minimum absolute atomic E-state index is 0.223. The minimum Gasteiger partial charge on any atom is -0.465 e. The molecular weight excluding hydrogens is 408 g/mol. The normalized spacial score (nSPS) is 17.8. The molecule has 4 amide bonds. The number of methoxy groups -OCH3 is 1. The standard InChI is InChI=1S/C20H18N4O7/c1-20(13-4-3-5-15(10-13)24(29)30)18(27)23(19(28)22-20)11-16(25)21-14-8-6-12(7-9-14)17(26)31-2/h3-10H,11H2,1-2H3,(H,21,25)(H,22,28). The lowest BCUT2D eigenvalue weighted by Gasteiger charge is -2.22. The van der Waals surface area contributed by atoms with E-state index in [0.29, 0.717) is 11.3 Å². The molecule has 0 aliphatic carbocycles. The van der Waals surface area contributed by atoms with Gasteiger partial charge in [0.2, 0.25) is 5.91 Å². The predicted octanol–water partition coefficient (Wildman–Crippen LogP) is 1.79. The second-order valence-corrected chi connectivity index (χ2v) is 6.87. The average molecular weight is 426 g/mol. The first-order chi connectivity index (χ1) is 14.7. The van der Waals surface area contributed by atoms with Crippen LogP contribution in [-0.4, -0.2) is 47.3 Å². The third-order valence-corrected chi connectivity index (χ3v) is 4.80. The number of hydrogen-bond acceptors (Lipinski definition) is 7. The van der Waals surface area contributed by atoms with Gasteiger partial charge in [0.25, 0.3) is 11.6 Å². The van der Waals surface area contributed by atoms with E-state index in [2.05, 4.69) is 15.4 Å². The van der Waals surface area contributed by atoms with Crippen LogP contribution in [0.5, 0.6) is 0 Å². The maximum absolute atomic E-state index is 12.9. The summed E-state index contributed by atoms with van der Waals surface area (Å²) in [6.45, 7) is 0.851. The summed E-state index contributed by atoms with van der Waals surface area (Å²) in [6.07, 6.45) is 0. The van der Waals surface area contributed by atoms with Crippen LogP contribution in [0.15, 0.2) is 48.5 Å². The number of benzene rings is 2. The van der Waals surface area contributed by atoms with Gasteiger partial charge in [-0.05, 0) is 36.8 Å². The van der Waals surface area contributed by atoms with Gasteiger partial charge in [-0.1, -0.05) is 12.1 Å². The number of nitro groups is 1. The molecule has 0 aromatic heterocycles. The van der Waals surface area contributed by atoms with Crippen molar-refractivity contribution in [2.45, 2.75) is 12.5 Å². The Morgan fingerprint density at radius 3 is 2.48 bits per heavy atom. The highest BCUT2D eigenvalue weighted by Crippen LogP contribution is 2.30. The zero-order chi connectivity index (χ0) is 22.8. The number of nitrogens with one attached hydrogen (secondary N) is 2. The number of nitro benzene ring substituents is 1. The van der Waals surface area contributed by atoms with E-state index in [1.54, 1.807) is 0 Å². The van der Waals surface area contributed by atoms with E-state index in [0.717, 1.165) is 4.90 Å². The lowest BCUT2D eigenvalue weighted by molar-refractivity contribution is -0.385. The van der Waals surface area contributed by atoms with E-state index in [1.807, 2.05) is 0 Å². The summed E-state index contributed by atoms with van der Waals surface area (Å²) in [7, 11) is 1.25. The molecule has 0 spiro atoms. The van der Waals surface area contributed by atoms with Crippen molar-refractivity contribution in [1.29, 1.82) is 0 Å². The quantitative estimate of drug-likeness (QED) is 0.310. The summed E-state index contributed by atoms with van der Waals surface area (Å²) < 4.78 is 4.59. The Kier molecular flexibility index (Phi) is 5.68. The van der Waals surface area contributed by atoms with Crippen molar-refractivity contribution in [2.75, 3.05) is 19.0 Å². The Hall–Kier alpha value is -4.28. The number of esters is 1. The van der Waals surface area contributed by atoms with Crippen molar-refractivity contribution in [2.24, 2.45) is 0 Å². The molecule has 2 aromatic rings. The second-order valence-electron chi connectivity index (χ2n) is 6.87. The summed E-state index contributed by atoms with van der Waals surface area (Å²) in [5.74, 6) is -1.88. The summed E-state index contributed by atoms with van der Waals surface area (Å²) in [4.78, 5) is 60.2. The Balaban J connectivity index is 1.72. The topological polar surface area (TPSA) is 148 Å². The molecule has 1 saturated heterocycles. The van der Waals surface area contributed by atoms with Crippen LogP contribution in [0.2, 0.25) is 0 Å². The first-order valence-corrected chi connectivity index (χ1v) is 9.03. The van der Waals surface area contributed by atoms with Gasteiger partial charge in [-0.25, -0.2) is 9.59 Å². The molecule has 160 valence electrons. The molecule has 0 bridgehead atoms. The zero-order valence-corrected chi connectivity index (χ0v) is 16.6. The molecule has 0 radical (unpaired) electrons. The van der Waals surface area contributed by atoms with E-state index in [4.69, 9.17) is 0 Å². The van der Waals surface area contributed by atoms with Gasteiger partial charge in [0.05, 0.1) is 17.6 Å². The number of amides is 4. The van der Waals surface area contributed by atoms with E-state index in [1.165, 1.54) is 62.6 Å². The molecular formula is C20H18N4O7. The smallest absolute Gasteiger partial charge is 0.337 e. The number of hydrogen-bond donors (Lipinski definition) is 2. The van der Waals surface area contributed by atoms with Crippen molar-refractivity contribution in [3.63, 3.8) is 0 Å². The number of non-ortho nitro benzene ring substituents is 1. The molecule has 1 atom stereocenters. The number of urea groups is 1. The highest BCUT2D eigenvalue weighted by atomic mass is 16.6. The third kappa shape index (κ3) is 4.20. The number of ether oxygens (including phenoxy) is 1. The van der Waals surface area contributed by atoms with Gasteiger partial charge < -0.3 is 15.4 Å². The fourth-order valence-corrected chi connectivity index (χ4v) is 3.12. The van der Waals surface area contributed by atoms with Gasteiger partial charge in [-0.2, -0.15) is 0 Å². The van der Waals surface area contributed by atoms with Crippen molar-refractivity contribution < 1.29 is 28.8 Å². The van der Waals surface area contributed by atoms with Gasteiger partial charge >= 0.3 is 12.0 Å². The zero-order valence-electron chi connectivity index (χ0n) is 16.6. The summed E-state index contributed by atoms with van der Waals surface area (Å²) in [5, 5.41) is 16.0. The molecule has 1 fully saturated rings. The van der Waals surface area contributed by atoms with Crippen LogP contribution < -0.4 is 10.6 Å². The molecule has 1 heterocycles. The van der Waals surface area contributed by atoms with E-state index in [9.17, 15) is 29.3 Å². The number of anilines is 1. The molecule has 3 rings (SSSR count). The van der Waals surface area contributed by atoms with Gasteiger partial charge in [0, 0.05) is 17.8 Å². The largest absolute Gasteiger partial charge is 0.465 e. The van der Waals surface area contributed by atoms with E-state index in [-0.39, 0.29) is 11.3 Å². The average Bonchev–Trinajstić information content (AvgIpc) is 2.97.